The third-order valence-electron chi connectivity index (χ3n) is 11.7. The first-order valence-corrected chi connectivity index (χ1v) is 16.2. The van der Waals surface area contributed by atoms with Crippen LogP contribution in [0.2, 0.25) is 0 Å². The number of benzene rings is 2. The summed E-state index contributed by atoms with van der Waals surface area (Å²) in [5.74, 6) is 1.07. The van der Waals surface area contributed by atoms with Crippen LogP contribution in [0.4, 0.5) is 0 Å². The molecule has 0 amide bonds. The van der Waals surface area contributed by atoms with Gasteiger partial charge in [-0.2, -0.15) is 0 Å². The van der Waals surface area contributed by atoms with E-state index >= 15 is 0 Å². The van der Waals surface area contributed by atoms with Crippen molar-refractivity contribution in [2.75, 3.05) is 0 Å². The molecule has 0 aliphatic heterocycles. The average Bonchev–Trinajstić information content (AvgIpc) is 3.52. The van der Waals surface area contributed by atoms with Crippen LogP contribution in [0, 0.1) is 22.7 Å². The van der Waals surface area contributed by atoms with Gasteiger partial charge in [-0.1, -0.05) is 138 Å². The summed E-state index contributed by atoms with van der Waals surface area (Å²) < 4.78 is 0. The lowest BCUT2D eigenvalue weighted by molar-refractivity contribution is 0.161. The molecule has 3 unspecified atom stereocenters. The van der Waals surface area contributed by atoms with Gasteiger partial charge in [-0.3, -0.25) is 0 Å². The van der Waals surface area contributed by atoms with Crippen LogP contribution in [0.1, 0.15) is 137 Å². The van der Waals surface area contributed by atoms with E-state index in [1.807, 2.05) is 0 Å². The summed E-state index contributed by atoms with van der Waals surface area (Å²) in [6.45, 7) is 31.5. The van der Waals surface area contributed by atoms with E-state index in [2.05, 4.69) is 132 Å². The first-order valence-electron chi connectivity index (χ1n) is 16.2. The van der Waals surface area contributed by atoms with Gasteiger partial charge in [-0.05, 0) is 97.8 Å². The van der Waals surface area contributed by atoms with Gasteiger partial charge in [0.2, 0.25) is 0 Å². The average molecular weight is 537 g/mol. The number of fused-ring (bicyclic) bond motifs is 4. The number of rotatable bonds is 4. The van der Waals surface area contributed by atoms with Crippen LogP contribution in [0.5, 0.6) is 0 Å². The molecule has 0 nitrogen and oxygen atoms in total. The Balaban J connectivity index is 1.84. The normalized spacial score (nSPS) is 25.4. The topological polar surface area (TPSA) is 0 Å². The van der Waals surface area contributed by atoms with Gasteiger partial charge in [0, 0.05) is 11.3 Å². The Morgan fingerprint density at radius 3 is 1.85 bits per heavy atom. The molecular formula is C40H56. The summed E-state index contributed by atoms with van der Waals surface area (Å²) in [5.41, 5.74) is 14.7. The largest absolute Gasteiger partial charge is 0.0727 e. The van der Waals surface area contributed by atoms with E-state index in [0.29, 0.717) is 11.8 Å². The van der Waals surface area contributed by atoms with Crippen molar-refractivity contribution in [1.82, 2.24) is 0 Å². The quantitative estimate of drug-likeness (QED) is 0.311. The van der Waals surface area contributed by atoms with Crippen molar-refractivity contribution in [2.45, 2.75) is 132 Å². The summed E-state index contributed by atoms with van der Waals surface area (Å²) in [7, 11) is 0. The van der Waals surface area contributed by atoms with Crippen molar-refractivity contribution in [3.05, 3.63) is 81.4 Å². The predicted molar refractivity (Wildman–Crippen MR) is 175 cm³/mol. The summed E-state index contributed by atoms with van der Waals surface area (Å²) >= 11 is 0. The number of allylic oxidation sites excluding steroid dienone is 4. The minimum Gasteiger partial charge on any atom is -0.0727 e. The summed E-state index contributed by atoms with van der Waals surface area (Å²) in [6.07, 6.45) is 10.1. The second kappa shape index (κ2) is 9.21. The summed E-state index contributed by atoms with van der Waals surface area (Å²) in [4.78, 5) is 0. The molecule has 0 bridgehead atoms. The fourth-order valence-electron chi connectivity index (χ4n) is 8.91. The molecule has 1 fully saturated rings. The SMILES string of the molecule is CCC1(CC)C2=CC(C(C)(C)C)=CC2C(CC)(c2cc(C(C)(C)C)cc3c2Cc2ccc(C(C)(C)C)cc2-3)C1C. The van der Waals surface area contributed by atoms with Gasteiger partial charge in [0.25, 0.3) is 0 Å². The Morgan fingerprint density at radius 1 is 0.725 bits per heavy atom. The highest BCUT2D eigenvalue weighted by atomic mass is 14.7. The molecule has 0 aromatic heterocycles. The highest BCUT2D eigenvalue weighted by molar-refractivity contribution is 5.80. The number of hydrogen-bond acceptors (Lipinski definition) is 0. The van der Waals surface area contributed by atoms with Gasteiger partial charge >= 0.3 is 0 Å². The molecule has 3 aliphatic carbocycles. The zero-order chi connectivity index (χ0) is 29.6. The lowest BCUT2D eigenvalue weighted by atomic mass is 9.59. The van der Waals surface area contributed by atoms with Gasteiger partial charge in [-0.15, -0.1) is 0 Å². The van der Waals surface area contributed by atoms with E-state index in [-0.39, 0.29) is 27.1 Å². The highest BCUT2D eigenvalue weighted by Gasteiger charge is 2.62. The molecule has 0 heteroatoms. The zero-order valence-electron chi connectivity index (χ0n) is 28.0. The molecule has 0 spiro atoms. The Hall–Kier alpha value is -2.08. The maximum Gasteiger partial charge on any atom is 0.00916 e. The molecule has 0 N–H and O–H groups in total. The van der Waals surface area contributed by atoms with Crippen LogP contribution in [-0.4, -0.2) is 0 Å². The molecule has 3 aliphatic rings. The highest BCUT2D eigenvalue weighted by Crippen LogP contribution is 2.69. The van der Waals surface area contributed by atoms with Gasteiger partial charge in [0.1, 0.15) is 0 Å². The zero-order valence-corrected chi connectivity index (χ0v) is 28.0. The van der Waals surface area contributed by atoms with E-state index in [4.69, 9.17) is 0 Å². The van der Waals surface area contributed by atoms with Crippen molar-refractivity contribution in [2.24, 2.45) is 22.7 Å². The molecule has 40 heavy (non-hydrogen) atoms. The van der Waals surface area contributed by atoms with Gasteiger partial charge in [0.05, 0.1) is 0 Å². The Kier molecular flexibility index (Phi) is 6.77. The van der Waals surface area contributed by atoms with Crippen molar-refractivity contribution in [1.29, 1.82) is 0 Å². The lowest BCUT2D eigenvalue weighted by Crippen LogP contribution is -2.39. The molecular weight excluding hydrogens is 480 g/mol. The monoisotopic (exact) mass is 536 g/mol. The summed E-state index contributed by atoms with van der Waals surface area (Å²) in [5, 5.41) is 0. The maximum absolute atomic E-state index is 2.72. The van der Waals surface area contributed by atoms with Crippen LogP contribution in [0.3, 0.4) is 0 Å². The van der Waals surface area contributed by atoms with Crippen molar-refractivity contribution >= 4 is 0 Å². The predicted octanol–water partition coefficient (Wildman–Crippen LogP) is 11.5. The second-order valence-electron chi connectivity index (χ2n) is 16.5. The maximum atomic E-state index is 2.72. The van der Waals surface area contributed by atoms with Crippen LogP contribution in [-0.2, 0) is 22.7 Å². The van der Waals surface area contributed by atoms with Crippen molar-refractivity contribution in [3.63, 3.8) is 0 Å². The van der Waals surface area contributed by atoms with Crippen molar-refractivity contribution < 1.29 is 0 Å². The Labute approximate surface area is 246 Å². The first kappa shape index (κ1) is 29.4. The van der Waals surface area contributed by atoms with Crippen molar-refractivity contribution in [3.8, 4) is 11.1 Å². The third kappa shape index (κ3) is 4.06. The molecule has 2 aromatic carbocycles. The molecule has 216 valence electrons. The number of hydrogen-bond donors (Lipinski definition) is 0. The fraction of sp³-hybridized carbons (Fsp3) is 0.600. The van der Waals surface area contributed by atoms with Crippen LogP contribution in [0.25, 0.3) is 11.1 Å². The van der Waals surface area contributed by atoms with E-state index < -0.39 is 0 Å². The van der Waals surface area contributed by atoms with Gasteiger partial charge < -0.3 is 0 Å². The van der Waals surface area contributed by atoms with E-state index in [9.17, 15) is 0 Å². The molecule has 3 atom stereocenters. The first-order chi connectivity index (χ1) is 18.5. The van der Waals surface area contributed by atoms with Gasteiger partial charge in [0.15, 0.2) is 0 Å². The Morgan fingerprint density at radius 2 is 1.32 bits per heavy atom. The molecule has 2 aromatic rings. The smallest absolute Gasteiger partial charge is 0.00916 e. The van der Waals surface area contributed by atoms with E-state index in [0.717, 1.165) is 6.42 Å². The minimum atomic E-state index is 0.0955. The molecule has 0 radical (unpaired) electrons. The van der Waals surface area contributed by atoms with Gasteiger partial charge in [-0.25, -0.2) is 0 Å². The minimum absolute atomic E-state index is 0.0955. The fourth-order valence-corrected chi connectivity index (χ4v) is 8.91. The summed E-state index contributed by atoms with van der Waals surface area (Å²) in [6, 6.07) is 12.6. The second-order valence-corrected chi connectivity index (χ2v) is 16.5. The Bertz CT molecular complexity index is 1380. The van der Waals surface area contributed by atoms with Crippen LogP contribution in [0.15, 0.2) is 53.6 Å². The van der Waals surface area contributed by atoms with E-state index in [1.165, 1.54) is 47.1 Å². The van der Waals surface area contributed by atoms with Crippen LogP contribution < -0.4 is 0 Å². The standard InChI is InChI=1S/C40H56/c1-14-39(15-2)25(4)40(16-3,35-24-29(23-34(35)39)38(11,12)13)33-22-28(37(8,9)10)21-31-30-20-27(36(5,6)7)18-17-26(30)19-32(31)33/h17-18,20-25,35H,14-16,19H2,1-13H3. The molecule has 1 saturated carbocycles. The molecule has 5 rings (SSSR count). The molecule has 0 saturated heterocycles. The molecule has 0 heterocycles. The van der Waals surface area contributed by atoms with E-state index in [1.54, 1.807) is 22.3 Å². The van der Waals surface area contributed by atoms with Crippen LogP contribution >= 0.6 is 0 Å². The lowest BCUT2D eigenvalue weighted by Gasteiger charge is -2.44. The third-order valence-corrected chi connectivity index (χ3v) is 11.7.